The summed E-state index contributed by atoms with van der Waals surface area (Å²) in [5.74, 6) is -0.508. The van der Waals surface area contributed by atoms with Gasteiger partial charge in [0, 0.05) is 32.3 Å². The highest BCUT2D eigenvalue weighted by molar-refractivity contribution is 6.01. The minimum absolute atomic E-state index is 0.0637. The van der Waals surface area contributed by atoms with Gasteiger partial charge in [-0.05, 0) is 99.9 Å². The summed E-state index contributed by atoms with van der Waals surface area (Å²) in [7, 11) is 4.00. The summed E-state index contributed by atoms with van der Waals surface area (Å²) < 4.78 is 24.2. The van der Waals surface area contributed by atoms with Crippen LogP contribution in [0.25, 0.3) is 27.7 Å². The number of nitrogens with one attached hydrogen (secondary N) is 2. The first-order valence-electron chi connectivity index (χ1n) is 16.2. The van der Waals surface area contributed by atoms with Gasteiger partial charge in [-0.15, -0.1) is 0 Å². The SMILES string of the molecule is CN(C)CCCCNC(=O)c1cn2c3c(c(NCCN4CCCC4)c(F)cc3c1=O)Oc1cc3c(cc1-2)-c1ccccc1CC3O. The van der Waals surface area contributed by atoms with E-state index < -0.39 is 23.3 Å². The molecule has 1 atom stereocenters. The van der Waals surface area contributed by atoms with Gasteiger partial charge in [0.2, 0.25) is 5.43 Å². The molecule has 1 unspecified atom stereocenters. The van der Waals surface area contributed by atoms with Crippen molar-refractivity contribution in [2.24, 2.45) is 0 Å². The summed E-state index contributed by atoms with van der Waals surface area (Å²) in [6.45, 7) is 4.63. The van der Waals surface area contributed by atoms with Crippen LogP contribution in [-0.4, -0.2) is 78.7 Å². The number of amides is 1. The van der Waals surface area contributed by atoms with E-state index in [4.69, 9.17) is 4.74 Å². The summed E-state index contributed by atoms with van der Waals surface area (Å²) in [6, 6.07) is 12.9. The number of hydrogen-bond acceptors (Lipinski definition) is 7. The Bertz CT molecular complexity index is 1880. The Morgan fingerprint density at radius 1 is 1.09 bits per heavy atom. The van der Waals surface area contributed by atoms with Crippen molar-refractivity contribution in [1.82, 2.24) is 19.7 Å². The molecular formula is C36H40FN5O4. The molecule has 1 amide bonds. The maximum absolute atomic E-state index is 15.9. The predicted octanol–water partition coefficient (Wildman–Crippen LogP) is 5.07. The second-order valence-electron chi connectivity index (χ2n) is 12.8. The van der Waals surface area contributed by atoms with Crippen LogP contribution in [0.4, 0.5) is 10.1 Å². The standard InChI is InChI=1S/C36H40FN5O4/c1-40(2)13-6-5-11-39-36(45)27-21-42-29-19-24-23-10-4-3-9-22(23)17-30(43)25(24)20-31(29)46-35-32(38-12-16-41-14-7-8-15-41)28(37)18-26(33(35)42)34(27)44/h3-4,9-10,18-21,30,38,43H,5-8,11-17H2,1-2H3,(H,39,45). The van der Waals surface area contributed by atoms with E-state index in [9.17, 15) is 14.7 Å². The number of hydrogen-bond donors (Lipinski definition) is 3. The van der Waals surface area contributed by atoms with E-state index in [-0.39, 0.29) is 22.4 Å². The maximum Gasteiger partial charge on any atom is 0.256 e. The van der Waals surface area contributed by atoms with Crippen LogP contribution in [-0.2, 0) is 6.42 Å². The number of halogens is 1. The van der Waals surface area contributed by atoms with Crippen molar-refractivity contribution in [2.75, 3.05) is 58.7 Å². The number of unbranched alkanes of at least 4 members (excludes halogenated alkanes) is 1. The monoisotopic (exact) mass is 625 g/mol. The number of carbonyl (C=O) groups excluding carboxylic acids is 1. The third-order valence-electron chi connectivity index (χ3n) is 9.37. The first kappa shape index (κ1) is 30.4. The molecular weight excluding hydrogens is 585 g/mol. The summed E-state index contributed by atoms with van der Waals surface area (Å²) in [5, 5.41) is 17.3. The van der Waals surface area contributed by atoms with Crippen molar-refractivity contribution in [1.29, 1.82) is 0 Å². The van der Waals surface area contributed by atoms with Crippen molar-refractivity contribution in [2.45, 2.75) is 38.2 Å². The average Bonchev–Trinajstić information content (AvgIpc) is 3.56. The molecule has 0 radical (unpaired) electrons. The number of nitrogens with zero attached hydrogens (tertiary/aromatic N) is 3. The molecule has 1 saturated heterocycles. The second-order valence-corrected chi connectivity index (χ2v) is 12.8. The fourth-order valence-corrected chi connectivity index (χ4v) is 6.99. The lowest BCUT2D eigenvalue weighted by Crippen LogP contribution is -2.31. The number of pyridine rings is 1. The first-order chi connectivity index (χ1) is 22.3. The van der Waals surface area contributed by atoms with Crippen molar-refractivity contribution >= 4 is 22.5 Å². The smallest absolute Gasteiger partial charge is 0.256 e. The number of anilines is 1. The van der Waals surface area contributed by atoms with Gasteiger partial charge in [0.1, 0.15) is 16.8 Å². The van der Waals surface area contributed by atoms with Crippen LogP contribution in [0.15, 0.2) is 53.5 Å². The number of aliphatic hydroxyl groups excluding tert-OH is 1. The van der Waals surface area contributed by atoms with Gasteiger partial charge in [0.05, 0.1) is 17.2 Å². The van der Waals surface area contributed by atoms with Crippen molar-refractivity contribution in [3.8, 4) is 28.3 Å². The minimum Gasteiger partial charge on any atom is -0.451 e. The molecule has 4 aromatic rings. The van der Waals surface area contributed by atoms with E-state index in [0.29, 0.717) is 42.0 Å². The Labute approximate surface area is 267 Å². The second kappa shape index (κ2) is 12.5. The van der Waals surface area contributed by atoms with Crippen LogP contribution in [0.3, 0.4) is 0 Å². The zero-order valence-corrected chi connectivity index (χ0v) is 26.4. The number of carbonyl (C=O) groups is 1. The highest BCUT2D eigenvalue weighted by Gasteiger charge is 2.32. The Balaban J connectivity index is 1.34. The number of fused-ring (bicyclic) bond motifs is 5. The van der Waals surface area contributed by atoms with E-state index in [1.807, 2.05) is 50.5 Å². The zero-order chi connectivity index (χ0) is 31.9. The summed E-state index contributed by atoms with van der Waals surface area (Å²) in [5.41, 5.74) is 4.17. The van der Waals surface area contributed by atoms with Gasteiger partial charge in [-0.25, -0.2) is 4.39 Å². The number of aromatic nitrogens is 1. The van der Waals surface area contributed by atoms with Gasteiger partial charge in [-0.3, -0.25) is 9.59 Å². The van der Waals surface area contributed by atoms with Gasteiger partial charge in [-0.2, -0.15) is 0 Å². The van der Waals surface area contributed by atoms with Crippen LogP contribution >= 0.6 is 0 Å². The maximum atomic E-state index is 15.9. The largest absolute Gasteiger partial charge is 0.451 e. The molecule has 3 heterocycles. The average molecular weight is 626 g/mol. The molecule has 0 spiro atoms. The zero-order valence-electron chi connectivity index (χ0n) is 26.4. The lowest BCUT2D eigenvalue weighted by atomic mass is 9.83. The highest BCUT2D eigenvalue weighted by Crippen LogP contribution is 2.49. The van der Waals surface area contributed by atoms with Crippen molar-refractivity contribution in [3.63, 3.8) is 0 Å². The molecule has 1 fully saturated rings. The third kappa shape index (κ3) is 5.55. The molecule has 10 heteroatoms. The molecule has 3 aliphatic rings. The van der Waals surface area contributed by atoms with E-state index in [2.05, 4.69) is 20.4 Å². The summed E-state index contributed by atoms with van der Waals surface area (Å²) in [4.78, 5) is 31.7. The van der Waals surface area contributed by atoms with Gasteiger partial charge < -0.3 is 34.8 Å². The summed E-state index contributed by atoms with van der Waals surface area (Å²) >= 11 is 0. The molecule has 46 heavy (non-hydrogen) atoms. The molecule has 9 nitrogen and oxygen atoms in total. The quantitative estimate of drug-likeness (QED) is 0.187. The van der Waals surface area contributed by atoms with Crippen LogP contribution in [0, 0.1) is 5.82 Å². The Morgan fingerprint density at radius 3 is 2.70 bits per heavy atom. The number of benzene rings is 3. The topological polar surface area (TPSA) is 99.1 Å². The van der Waals surface area contributed by atoms with E-state index >= 15 is 4.39 Å². The number of likely N-dealkylation sites (tertiary alicyclic amines) is 1. The van der Waals surface area contributed by atoms with E-state index in [1.54, 1.807) is 10.8 Å². The minimum atomic E-state index is -0.742. The Hall–Kier alpha value is -4.25. The Morgan fingerprint density at radius 2 is 1.89 bits per heavy atom. The van der Waals surface area contributed by atoms with Crippen LogP contribution < -0.4 is 20.8 Å². The lowest BCUT2D eigenvalue weighted by molar-refractivity contribution is 0.0951. The predicted molar refractivity (Wildman–Crippen MR) is 178 cm³/mol. The molecule has 2 aliphatic heterocycles. The van der Waals surface area contributed by atoms with Gasteiger partial charge in [0.15, 0.2) is 17.3 Å². The fourth-order valence-electron chi connectivity index (χ4n) is 6.99. The molecule has 0 saturated carbocycles. The van der Waals surface area contributed by atoms with Crippen LogP contribution in [0.1, 0.15) is 53.3 Å². The lowest BCUT2D eigenvalue weighted by Gasteiger charge is -2.30. The molecule has 3 aromatic carbocycles. The molecule has 1 aromatic heterocycles. The van der Waals surface area contributed by atoms with Crippen LogP contribution in [0.2, 0.25) is 0 Å². The van der Waals surface area contributed by atoms with Crippen molar-refractivity contribution in [3.05, 3.63) is 81.4 Å². The fraction of sp³-hybridized carbons (Fsp3) is 0.389. The number of aliphatic hydroxyl groups is 1. The van der Waals surface area contributed by atoms with Gasteiger partial charge in [0.25, 0.3) is 5.91 Å². The highest BCUT2D eigenvalue weighted by atomic mass is 19.1. The third-order valence-corrected chi connectivity index (χ3v) is 9.37. The van der Waals surface area contributed by atoms with Crippen LogP contribution in [0.5, 0.6) is 11.5 Å². The van der Waals surface area contributed by atoms with Crippen molar-refractivity contribution < 1.29 is 19.0 Å². The Kier molecular flexibility index (Phi) is 8.27. The molecule has 1 aliphatic carbocycles. The van der Waals surface area contributed by atoms with Gasteiger partial charge in [-0.1, -0.05) is 24.3 Å². The van der Waals surface area contributed by atoms with E-state index in [1.165, 1.54) is 6.07 Å². The van der Waals surface area contributed by atoms with Gasteiger partial charge >= 0.3 is 0 Å². The molecule has 0 bridgehead atoms. The normalized spacial score (nSPS) is 16.6. The molecule has 3 N–H and O–H groups in total. The number of rotatable bonds is 10. The molecule has 240 valence electrons. The first-order valence-corrected chi connectivity index (χ1v) is 16.2. The number of ether oxygens (including phenoxy) is 1. The summed E-state index contributed by atoms with van der Waals surface area (Å²) in [6.07, 6.45) is 5.27. The molecule has 7 rings (SSSR count). The van der Waals surface area contributed by atoms with E-state index in [0.717, 1.165) is 68.6 Å².